The fourth-order valence-electron chi connectivity index (χ4n) is 2.02. The summed E-state index contributed by atoms with van der Waals surface area (Å²) < 4.78 is 0. The molecule has 33 heavy (non-hydrogen) atoms. The van der Waals surface area contributed by atoms with Crippen LogP contribution in [0.5, 0.6) is 0 Å². The molecule has 1 atom stereocenters. The molecule has 0 radical (unpaired) electrons. The number of carboxylic acids is 3. The van der Waals surface area contributed by atoms with E-state index in [2.05, 4.69) is 0 Å². The molecule has 1 unspecified atom stereocenters. The van der Waals surface area contributed by atoms with Crippen LogP contribution in [0.1, 0.15) is 33.1 Å². The number of carbonyl (C=O) groups excluding carboxylic acids is 1. The van der Waals surface area contributed by atoms with Crippen molar-refractivity contribution in [2.75, 3.05) is 65.7 Å². The third-order valence-electron chi connectivity index (χ3n) is 4.24. The summed E-state index contributed by atoms with van der Waals surface area (Å²) in [5, 5.41) is 59.4. The Morgan fingerprint density at radius 2 is 1.03 bits per heavy atom. The molecule has 0 aliphatic carbocycles. The standard InChI is InChI=1S/C10H24N2O4.C5H6O5.C5H10O2/c13-7-3-11(4-8-14)1-2-12(5-9-15)6-10-16;6-3(5(9)10)1-2-4(7)8;1-3-4(2)5(6)7/h13-16H,1-10H2;1-2H2,(H,7,8)(H,9,10);4H,3H2,1-2H3,(H,6,7). The molecular formula is C20H40N2O11. The number of ketones is 1. The van der Waals surface area contributed by atoms with Crippen molar-refractivity contribution in [3.05, 3.63) is 0 Å². The number of carboxylic acid groups (broad SMARTS) is 3. The highest BCUT2D eigenvalue weighted by Gasteiger charge is 2.12. The van der Waals surface area contributed by atoms with E-state index in [9.17, 15) is 19.2 Å². The minimum absolute atomic E-state index is 0.0694. The summed E-state index contributed by atoms with van der Waals surface area (Å²) in [7, 11) is 0. The molecule has 0 aromatic rings. The van der Waals surface area contributed by atoms with E-state index < -0.39 is 36.5 Å². The normalized spacial score (nSPS) is 11.2. The van der Waals surface area contributed by atoms with Crippen LogP contribution < -0.4 is 0 Å². The lowest BCUT2D eigenvalue weighted by atomic mass is 10.1. The number of rotatable bonds is 17. The lowest BCUT2D eigenvalue weighted by Gasteiger charge is -2.25. The summed E-state index contributed by atoms with van der Waals surface area (Å²) in [6.07, 6.45) is -0.148. The predicted octanol–water partition coefficient (Wildman–Crippen LogP) is -1.82. The van der Waals surface area contributed by atoms with Gasteiger partial charge >= 0.3 is 17.9 Å². The Labute approximate surface area is 193 Å². The molecule has 13 nitrogen and oxygen atoms in total. The van der Waals surface area contributed by atoms with Crippen molar-refractivity contribution in [3.8, 4) is 0 Å². The van der Waals surface area contributed by atoms with Gasteiger partial charge in [0.05, 0.1) is 38.8 Å². The molecule has 0 aliphatic rings. The third-order valence-corrected chi connectivity index (χ3v) is 4.24. The van der Waals surface area contributed by atoms with Gasteiger partial charge in [0.2, 0.25) is 5.78 Å². The molecule has 0 aromatic heterocycles. The van der Waals surface area contributed by atoms with Gasteiger partial charge in [0.25, 0.3) is 0 Å². The van der Waals surface area contributed by atoms with Gasteiger partial charge in [-0.25, -0.2) is 4.79 Å². The average Bonchev–Trinajstić information content (AvgIpc) is 2.76. The van der Waals surface area contributed by atoms with E-state index in [0.29, 0.717) is 39.3 Å². The number of aliphatic hydroxyl groups is 4. The summed E-state index contributed by atoms with van der Waals surface area (Å²) in [6.45, 7) is 7.39. The Kier molecular flexibility index (Phi) is 26.3. The first-order chi connectivity index (χ1) is 15.5. The number of aliphatic hydroxyl groups excluding tert-OH is 4. The van der Waals surface area contributed by atoms with Crippen LogP contribution in [0.4, 0.5) is 0 Å². The van der Waals surface area contributed by atoms with E-state index in [1.165, 1.54) is 0 Å². The van der Waals surface area contributed by atoms with E-state index in [4.69, 9.17) is 35.7 Å². The molecule has 0 aromatic carbocycles. The maximum atomic E-state index is 10.2. The molecule has 13 heteroatoms. The molecule has 196 valence electrons. The Balaban J connectivity index is -0.000000451. The zero-order valence-corrected chi connectivity index (χ0v) is 19.4. The largest absolute Gasteiger partial charge is 0.481 e. The maximum Gasteiger partial charge on any atom is 0.372 e. The molecule has 0 saturated carbocycles. The summed E-state index contributed by atoms with van der Waals surface area (Å²) >= 11 is 0. The molecule has 0 saturated heterocycles. The van der Waals surface area contributed by atoms with Crippen LogP contribution in [0.15, 0.2) is 0 Å². The van der Waals surface area contributed by atoms with Gasteiger partial charge in [-0.15, -0.1) is 0 Å². The van der Waals surface area contributed by atoms with Crippen LogP contribution in [0, 0.1) is 5.92 Å². The fraction of sp³-hybridized carbons (Fsp3) is 0.800. The maximum absolute atomic E-state index is 10.2. The van der Waals surface area contributed by atoms with Crippen LogP contribution in [0.2, 0.25) is 0 Å². The van der Waals surface area contributed by atoms with Crippen LogP contribution in [-0.4, -0.2) is 135 Å². The number of hydrogen-bond acceptors (Lipinski definition) is 10. The molecule has 0 heterocycles. The molecule has 0 fully saturated rings. The van der Waals surface area contributed by atoms with Crippen molar-refractivity contribution < 1.29 is 54.9 Å². The van der Waals surface area contributed by atoms with E-state index >= 15 is 0 Å². The molecule has 0 amide bonds. The van der Waals surface area contributed by atoms with E-state index in [1.54, 1.807) is 6.92 Å². The van der Waals surface area contributed by atoms with Crippen LogP contribution in [0.3, 0.4) is 0 Å². The van der Waals surface area contributed by atoms with Gasteiger partial charge in [0.1, 0.15) is 0 Å². The van der Waals surface area contributed by atoms with Crippen molar-refractivity contribution in [3.63, 3.8) is 0 Å². The lowest BCUT2D eigenvalue weighted by molar-refractivity contribution is -0.149. The Morgan fingerprint density at radius 1 is 0.667 bits per heavy atom. The smallest absolute Gasteiger partial charge is 0.372 e. The average molecular weight is 485 g/mol. The SMILES string of the molecule is CCC(C)C(=O)O.O=C(O)CCC(=O)C(=O)O.OCCN(CCO)CCN(CCO)CCO. The number of carbonyl (C=O) groups is 4. The quantitative estimate of drug-likeness (QED) is 0.113. The van der Waals surface area contributed by atoms with Crippen LogP contribution in [-0.2, 0) is 19.2 Å². The highest BCUT2D eigenvalue weighted by molar-refractivity contribution is 6.32. The summed E-state index contributed by atoms with van der Waals surface area (Å²) in [5.74, 6) is -4.71. The molecular weight excluding hydrogens is 444 g/mol. The molecule has 0 spiro atoms. The summed E-state index contributed by atoms with van der Waals surface area (Å²) in [5.41, 5.74) is 0. The topological polar surface area (TPSA) is 216 Å². The first kappa shape index (κ1) is 35.4. The monoisotopic (exact) mass is 484 g/mol. The van der Waals surface area contributed by atoms with Gasteiger partial charge in [-0.2, -0.15) is 0 Å². The van der Waals surface area contributed by atoms with Crippen LogP contribution in [0.25, 0.3) is 0 Å². The van der Waals surface area contributed by atoms with Gasteiger partial charge in [-0.05, 0) is 6.42 Å². The zero-order chi connectivity index (χ0) is 26.2. The van der Waals surface area contributed by atoms with Crippen molar-refractivity contribution in [1.82, 2.24) is 9.80 Å². The van der Waals surface area contributed by atoms with Crippen molar-refractivity contribution in [2.45, 2.75) is 33.1 Å². The number of nitrogens with zero attached hydrogens (tertiary/aromatic N) is 2. The molecule has 7 N–H and O–H groups in total. The number of hydrogen-bond donors (Lipinski definition) is 7. The van der Waals surface area contributed by atoms with Gasteiger partial charge in [0.15, 0.2) is 0 Å². The zero-order valence-electron chi connectivity index (χ0n) is 19.4. The van der Waals surface area contributed by atoms with Crippen molar-refractivity contribution in [2.24, 2.45) is 5.92 Å². The van der Waals surface area contributed by atoms with Crippen molar-refractivity contribution in [1.29, 1.82) is 0 Å². The van der Waals surface area contributed by atoms with Gasteiger partial charge in [-0.1, -0.05) is 13.8 Å². The van der Waals surface area contributed by atoms with Gasteiger partial charge < -0.3 is 35.7 Å². The Hall–Kier alpha value is -2.16. The van der Waals surface area contributed by atoms with E-state index in [1.807, 2.05) is 16.7 Å². The number of aliphatic carboxylic acids is 3. The Morgan fingerprint density at radius 3 is 1.21 bits per heavy atom. The molecule has 0 rings (SSSR count). The second kappa shape index (κ2) is 24.5. The number of Topliss-reactive ketones (excluding diaryl/α,β-unsaturated/α-hetero) is 1. The lowest BCUT2D eigenvalue weighted by Crippen LogP contribution is -2.40. The van der Waals surface area contributed by atoms with Crippen LogP contribution >= 0.6 is 0 Å². The van der Waals surface area contributed by atoms with Gasteiger partial charge in [0, 0.05) is 45.7 Å². The summed E-state index contributed by atoms with van der Waals surface area (Å²) in [6, 6.07) is 0. The van der Waals surface area contributed by atoms with E-state index in [0.717, 1.165) is 6.42 Å². The molecule has 0 bridgehead atoms. The first-order valence-corrected chi connectivity index (χ1v) is 10.6. The second-order valence-electron chi connectivity index (χ2n) is 6.85. The predicted molar refractivity (Wildman–Crippen MR) is 118 cm³/mol. The summed E-state index contributed by atoms with van der Waals surface area (Å²) in [4.78, 5) is 43.6. The Bertz CT molecular complexity index is 504. The first-order valence-electron chi connectivity index (χ1n) is 10.6. The highest BCUT2D eigenvalue weighted by Crippen LogP contribution is 1.97. The van der Waals surface area contributed by atoms with Gasteiger partial charge in [-0.3, -0.25) is 24.2 Å². The highest BCUT2D eigenvalue weighted by atomic mass is 16.4. The van der Waals surface area contributed by atoms with E-state index in [-0.39, 0.29) is 32.3 Å². The second-order valence-corrected chi connectivity index (χ2v) is 6.85. The minimum Gasteiger partial charge on any atom is -0.481 e. The van der Waals surface area contributed by atoms with Crippen molar-refractivity contribution >= 4 is 23.7 Å². The third kappa shape index (κ3) is 26.0. The minimum atomic E-state index is -1.58. The molecule has 0 aliphatic heterocycles. The fourth-order valence-corrected chi connectivity index (χ4v) is 2.02.